The van der Waals surface area contributed by atoms with Crippen LogP contribution in [0, 0.1) is 11.6 Å². The van der Waals surface area contributed by atoms with E-state index in [-0.39, 0.29) is 15.7 Å². The number of hydrogen-bond acceptors (Lipinski definition) is 4. The third kappa shape index (κ3) is 1.78. The van der Waals surface area contributed by atoms with Crippen molar-refractivity contribution >= 4 is 28.1 Å². The summed E-state index contributed by atoms with van der Waals surface area (Å²) in [4.78, 5) is 0. The number of nitrogens with zero attached hydrogens (tertiary/aromatic N) is 2. The number of nitrogen functional groups attached to an aromatic ring is 1. The average molecular weight is 248 g/mol. The second-order valence-electron chi connectivity index (χ2n) is 2.67. The zero-order valence-electron chi connectivity index (χ0n) is 7.17. The molecule has 0 aliphatic rings. The predicted octanol–water partition coefficient (Wildman–Crippen LogP) is 2.72. The first-order chi connectivity index (χ1) is 7.09. The summed E-state index contributed by atoms with van der Waals surface area (Å²) in [5.41, 5.74) is 5.44. The minimum atomic E-state index is -0.854. The molecule has 0 fully saturated rings. The Bertz CT molecular complexity index is 515. The fraction of sp³-hybridized carbons (Fsp3) is 0. The molecule has 0 saturated carbocycles. The molecule has 78 valence electrons. The van der Waals surface area contributed by atoms with Crippen LogP contribution >= 0.6 is 22.9 Å². The van der Waals surface area contributed by atoms with E-state index in [1.165, 1.54) is 6.07 Å². The number of hydrogen-bond donors (Lipinski definition) is 1. The topological polar surface area (TPSA) is 51.8 Å². The minimum absolute atomic E-state index is 0.0931. The standard InChI is InChI=1S/C8H4ClF2N3S/c9-5-4(10)2-1-3(6(5)11)7-13-14-8(12)15-7/h1-2H,(H2,12,14). The van der Waals surface area contributed by atoms with Crippen LogP contribution in [0.1, 0.15) is 0 Å². The van der Waals surface area contributed by atoms with Gasteiger partial charge in [-0.3, -0.25) is 0 Å². The highest BCUT2D eigenvalue weighted by Gasteiger charge is 2.15. The predicted molar refractivity (Wildman–Crippen MR) is 54.7 cm³/mol. The summed E-state index contributed by atoms with van der Waals surface area (Å²) < 4.78 is 26.3. The molecule has 15 heavy (non-hydrogen) atoms. The fourth-order valence-corrected chi connectivity index (χ4v) is 1.83. The molecule has 0 bridgehead atoms. The molecule has 7 heteroatoms. The van der Waals surface area contributed by atoms with Crippen LogP contribution in [0.15, 0.2) is 12.1 Å². The van der Waals surface area contributed by atoms with Crippen molar-refractivity contribution in [1.29, 1.82) is 0 Å². The fourth-order valence-electron chi connectivity index (χ4n) is 1.03. The van der Waals surface area contributed by atoms with Crippen LogP contribution < -0.4 is 5.73 Å². The van der Waals surface area contributed by atoms with Gasteiger partial charge in [0.25, 0.3) is 0 Å². The van der Waals surface area contributed by atoms with E-state index in [1.54, 1.807) is 0 Å². The Morgan fingerprint density at radius 3 is 2.60 bits per heavy atom. The van der Waals surface area contributed by atoms with Crippen LogP contribution in [-0.4, -0.2) is 10.2 Å². The first kappa shape index (κ1) is 10.3. The number of nitrogens with two attached hydrogens (primary N) is 1. The minimum Gasteiger partial charge on any atom is -0.374 e. The lowest BCUT2D eigenvalue weighted by Crippen LogP contribution is -1.88. The SMILES string of the molecule is Nc1nnc(-c2ccc(F)c(Cl)c2F)s1. The largest absolute Gasteiger partial charge is 0.374 e. The number of anilines is 1. The normalized spacial score (nSPS) is 10.6. The summed E-state index contributed by atoms with van der Waals surface area (Å²) in [6.07, 6.45) is 0. The molecule has 0 aliphatic carbocycles. The van der Waals surface area contributed by atoms with Crippen LogP contribution in [0.3, 0.4) is 0 Å². The van der Waals surface area contributed by atoms with Crippen molar-refractivity contribution in [3.05, 3.63) is 28.8 Å². The average Bonchev–Trinajstić information content (AvgIpc) is 2.61. The molecule has 1 heterocycles. The Kier molecular flexibility index (Phi) is 2.54. The smallest absolute Gasteiger partial charge is 0.203 e. The molecule has 0 saturated heterocycles. The van der Waals surface area contributed by atoms with E-state index >= 15 is 0 Å². The van der Waals surface area contributed by atoms with E-state index in [2.05, 4.69) is 10.2 Å². The third-order valence-corrected chi connectivity index (χ3v) is 2.84. The number of benzene rings is 1. The van der Waals surface area contributed by atoms with Crippen LogP contribution in [0.2, 0.25) is 5.02 Å². The molecule has 3 nitrogen and oxygen atoms in total. The quantitative estimate of drug-likeness (QED) is 0.789. The van der Waals surface area contributed by atoms with Crippen molar-refractivity contribution in [2.24, 2.45) is 0 Å². The number of aromatic nitrogens is 2. The Labute approximate surface area is 92.5 Å². The van der Waals surface area contributed by atoms with Gasteiger partial charge in [0, 0.05) is 0 Å². The molecule has 2 aromatic rings. The molecule has 0 amide bonds. The van der Waals surface area contributed by atoms with Crippen LogP contribution in [0.5, 0.6) is 0 Å². The lowest BCUT2D eigenvalue weighted by atomic mass is 10.2. The Hall–Kier alpha value is -1.27. The summed E-state index contributed by atoms with van der Waals surface area (Å²) in [7, 11) is 0. The van der Waals surface area contributed by atoms with Gasteiger partial charge in [0.15, 0.2) is 10.8 Å². The van der Waals surface area contributed by atoms with Crippen LogP contribution in [0.25, 0.3) is 10.6 Å². The van der Waals surface area contributed by atoms with Gasteiger partial charge in [0.05, 0.1) is 5.56 Å². The van der Waals surface area contributed by atoms with Crippen LogP contribution in [0.4, 0.5) is 13.9 Å². The molecule has 0 radical (unpaired) electrons. The van der Waals surface area contributed by atoms with Gasteiger partial charge < -0.3 is 5.73 Å². The molecular weight excluding hydrogens is 244 g/mol. The maximum Gasteiger partial charge on any atom is 0.203 e. The molecule has 2 N–H and O–H groups in total. The maximum absolute atomic E-state index is 13.5. The molecular formula is C8H4ClF2N3S. The monoisotopic (exact) mass is 247 g/mol. The zero-order valence-corrected chi connectivity index (χ0v) is 8.74. The maximum atomic E-state index is 13.5. The molecule has 0 atom stereocenters. The van der Waals surface area contributed by atoms with Gasteiger partial charge in [0.1, 0.15) is 10.8 Å². The van der Waals surface area contributed by atoms with E-state index in [0.29, 0.717) is 0 Å². The van der Waals surface area contributed by atoms with Crippen molar-refractivity contribution < 1.29 is 8.78 Å². The summed E-state index contributed by atoms with van der Waals surface area (Å²) in [5, 5.41) is 7.10. The lowest BCUT2D eigenvalue weighted by molar-refractivity contribution is 0.586. The van der Waals surface area contributed by atoms with Crippen molar-refractivity contribution in [1.82, 2.24) is 10.2 Å². The van der Waals surface area contributed by atoms with Crippen molar-refractivity contribution in [3.8, 4) is 10.6 Å². The zero-order chi connectivity index (χ0) is 11.0. The van der Waals surface area contributed by atoms with E-state index in [1.807, 2.05) is 0 Å². The van der Waals surface area contributed by atoms with Gasteiger partial charge in [0.2, 0.25) is 5.13 Å². The molecule has 1 aromatic carbocycles. The third-order valence-electron chi connectivity index (χ3n) is 1.71. The number of halogens is 3. The van der Waals surface area contributed by atoms with Gasteiger partial charge >= 0.3 is 0 Å². The summed E-state index contributed by atoms with van der Waals surface area (Å²) in [6.45, 7) is 0. The summed E-state index contributed by atoms with van der Waals surface area (Å²) in [5.74, 6) is -1.66. The van der Waals surface area contributed by atoms with Gasteiger partial charge in [-0.2, -0.15) is 0 Å². The lowest BCUT2D eigenvalue weighted by Gasteiger charge is -2.00. The molecule has 2 rings (SSSR count). The van der Waals surface area contributed by atoms with Crippen molar-refractivity contribution in [2.75, 3.05) is 5.73 Å². The highest BCUT2D eigenvalue weighted by molar-refractivity contribution is 7.18. The molecule has 0 aliphatic heterocycles. The van der Waals surface area contributed by atoms with E-state index in [0.717, 1.165) is 17.4 Å². The van der Waals surface area contributed by atoms with Crippen molar-refractivity contribution in [2.45, 2.75) is 0 Å². The second-order valence-corrected chi connectivity index (χ2v) is 4.06. The van der Waals surface area contributed by atoms with Gasteiger partial charge in [-0.15, -0.1) is 10.2 Å². The van der Waals surface area contributed by atoms with Crippen LogP contribution in [-0.2, 0) is 0 Å². The summed E-state index contributed by atoms with van der Waals surface area (Å²) >= 11 is 6.42. The van der Waals surface area contributed by atoms with E-state index in [9.17, 15) is 8.78 Å². The molecule has 0 spiro atoms. The highest BCUT2D eigenvalue weighted by atomic mass is 35.5. The number of rotatable bonds is 1. The van der Waals surface area contributed by atoms with E-state index in [4.69, 9.17) is 17.3 Å². The summed E-state index contributed by atoms with van der Waals surface area (Å²) in [6, 6.07) is 2.31. The molecule has 0 unspecified atom stereocenters. The Morgan fingerprint density at radius 1 is 1.27 bits per heavy atom. The second kappa shape index (κ2) is 3.71. The Balaban J connectivity index is 2.59. The van der Waals surface area contributed by atoms with Gasteiger partial charge in [-0.25, -0.2) is 8.78 Å². The highest BCUT2D eigenvalue weighted by Crippen LogP contribution is 2.31. The van der Waals surface area contributed by atoms with Gasteiger partial charge in [-0.05, 0) is 12.1 Å². The first-order valence-corrected chi connectivity index (χ1v) is 5.02. The van der Waals surface area contributed by atoms with Crippen molar-refractivity contribution in [3.63, 3.8) is 0 Å². The Morgan fingerprint density at radius 2 is 2.00 bits per heavy atom. The van der Waals surface area contributed by atoms with Gasteiger partial charge in [-0.1, -0.05) is 22.9 Å². The van der Waals surface area contributed by atoms with E-state index < -0.39 is 16.7 Å². The first-order valence-electron chi connectivity index (χ1n) is 3.82. The molecule has 1 aromatic heterocycles.